The molecule has 0 spiro atoms. The molecular weight excluding hydrogens is 378 g/mol. The number of hydrogen-bond acceptors (Lipinski definition) is 5. The van der Waals surface area contributed by atoms with Crippen molar-refractivity contribution in [3.05, 3.63) is 59.2 Å². The SMILES string of the molecule is COc1cccc(CN(C)C(=O)CN2CCN(Cc3cccc(C)c3)CC2)c1OC. The van der Waals surface area contributed by atoms with Crippen LogP contribution >= 0.6 is 0 Å². The van der Waals surface area contributed by atoms with E-state index in [9.17, 15) is 4.79 Å². The molecule has 0 N–H and O–H groups in total. The summed E-state index contributed by atoms with van der Waals surface area (Å²) in [4.78, 5) is 19.2. The number of methoxy groups -OCH3 is 2. The second-order valence-corrected chi connectivity index (χ2v) is 7.94. The largest absolute Gasteiger partial charge is 0.493 e. The lowest BCUT2D eigenvalue weighted by atomic mass is 10.1. The first kappa shape index (κ1) is 22.1. The van der Waals surface area contributed by atoms with Crippen molar-refractivity contribution in [3.63, 3.8) is 0 Å². The number of benzene rings is 2. The summed E-state index contributed by atoms with van der Waals surface area (Å²) in [5.74, 6) is 1.48. The molecule has 0 saturated carbocycles. The van der Waals surface area contributed by atoms with Gasteiger partial charge < -0.3 is 14.4 Å². The molecule has 0 aliphatic carbocycles. The number of likely N-dealkylation sites (N-methyl/N-ethyl adjacent to an activating group) is 1. The summed E-state index contributed by atoms with van der Waals surface area (Å²) in [6.07, 6.45) is 0. The average molecular weight is 412 g/mol. The summed E-state index contributed by atoms with van der Waals surface area (Å²) < 4.78 is 10.8. The van der Waals surface area contributed by atoms with Crippen LogP contribution in [0.2, 0.25) is 0 Å². The lowest BCUT2D eigenvalue weighted by Crippen LogP contribution is -2.49. The monoisotopic (exact) mass is 411 g/mol. The third-order valence-corrected chi connectivity index (χ3v) is 5.63. The quantitative estimate of drug-likeness (QED) is 0.668. The van der Waals surface area contributed by atoms with Gasteiger partial charge in [0.2, 0.25) is 5.91 Å². The van der Waals surface area contributed by atoms with E-state index in [1.54, 1.807) is 19.1 Å². The second-order valence-electron chi connectivity index (χ2n) is 7.94. The molecule has 2 aromatic carbocycles. The van der Waals surface area contributed by atoms with Crippen molar-refractivity contribution in [2.75, 3.05) is 54.0 Å². The average Bonchev–Trinajstić information content (AvgIpc) is 2.74. The maximum absolute atomic E-state index is 12.8. The van der Waals surface area contributed by atoms with Gasteiger partial charge in [0.25, 0.3) is 0 Å². The Morgan fingerprint density at radius 3 is 2.37 bits per heavy atom. The van der Waals surface area contributed by atoms with Gasteiger partial charge in [0, 0.05) is 51.9 Å². The first-order valence-corrected chi connectivity index (χ1v) is 10.4. The molecule has 0 aromatic heterocycles. The molecule has 6 heteroatoms. The van der Waals surface area contributed by atoms with Crippen molar-refractivity contribution in [3.8, 4) is 11.5 Å². The number of hydrogen-bond donors (Lipinski definition) is 0. The minimum absolute atomic E-state index is 0.118. The molecule has 0 bridgehead atoms. The first-order chi connectivity index (χ1) is 14.5. The molecule has 1 aliphatic heterocycles. The molecule has 1 amide bonds. The van der Waals surface area contributed by atoms with Crippen molar-refractivity contribution in [2.24, 2.45) is 0 Å². The van der Waals surface area contributed by atoms with Gasteiger partial charge in [0.1, 0.15) is 0 Å². The lowest BCUT2D eigenvalue weighted by Gasteiger charge is -2.35. The summed E-state index contributed by atoms with van der Waals surface area (Å²) in [5, 5.41) is 0. The van der Waals surface area contributed by atoms with Crippen LogP contribution in [0.5, 0.6) is 11.5 Å². The summed E-state index contributed by atoms with van der Waals surface area (Å²) in [7, 11) is 5.09. The van der Waals surface area contributed by atoms with E-state index >= 15 is 0 Å². The van der Waals surface area contributed by atoms with Gasteiger partial charge in [0.15, 0.2) is 11.5 Å². The van der Waals surface area contributed by atoms with Crippen molar-refractivity contribution in [1.82, 2.24) is 14.7 Å². The van der Waals surface area contributed by atoms with Gasteiger partial charge in [-0.05, 0) is 18.6 Å². The summed E-state index contributed by atoms with van der Waals surface area (Å²) in [5.41, 5.74) is 3.59. The number of carbonyl (C=O) groups excluding carboxylic acids is 1. The Hall–Kier alpha value is -2.57. The fourth-order valence-corrected chi connectivity index (χ4v) is 3.91. The smallest absolute Gasteiger partial charge is 0.236 e. The van der Waals surface area contributed by atoms with Crippen LogP contribution < -0.4 is 9.47 Å². The zero-order valence-electron chi connectivity index (χ0n) is 18.6. The van der Waals surface area contributed by atoms with Crippen molar-refractivity contribution >= 4 is 5.91 Å². The molecule has 6 nitrogen and oxygen atoms in total. The molecule has 30 heavy (non-hydrogen) atoms. The topological polar surface area (TPSA) is 45.2 Å². The second kappa shape index (κ2) is 10.5. The molecule has 0 unspecified atom stereocenters. The normalized spacial score (nSPS) is 15.1. The highest BCUT2D eigenvalue weighted by molar-refractivity contribution is 5.78. The molecule has 0 atom stereocenters. The van der Waals surface area contributed by atoms with Gasteiger partial charge in [0.05, 0.1) is 20.8 Å². The Morgan fingerprint density at radius 1 is 1.00 bits per heavy atom. The van der Waals surface area contributed by atoms with E-state index < -0.39 is 0 Å². The van der Waals surface area contributed by atoms with Crippen molar-refractivity contribution in [1.29, 1.82) is 0 Å². The first-order valence-electron chi connectivity index (χ1n) is 10.4. The molecule has 1 aliphatic rings. The van der Waals surface area contributed by atoms with E-state index in [1.807, 2.05) is 25.2 Å². The molecule has 0 radical (unpaired) electrons. The Bertz CT molecular complexity index is 847. The van der Waals surface area contributed by atoms with Crippen LogP contribution in [0.3, 0.4) is 0 Å². The molecule has 3 rings (SSSR count). The fraction of sp³-hybridized carbons (Fsp3) is 0.458. The van der Waals surface area contributed by atoms with Crippen LogP contribution in [-0.4, -0.2) is 74.6 Å². The number of amides is 1. The van der Waals surface area contributed by atoms with Crippen molar-refractivity contribution < 1.29 is 14.3 Å². The van der Waals surface area contributed by atoms with E-state index in [-0.39, 0.29) is 5.91 Å². The third kappa shape index (κ3) is 5.74. The zero-order chi connectivity index (χ0) is 21.5. The minimum Gasteiger partial charge on any atom is -0.493 e. The summed E-state index contributed by atoms with van der Waals surface area (Å²) in [6, 6.07) is 14.4. The van der Waals surface area contributed by atoms with Gasteiger partial charge in [-0.15, -0.1) is 0 Å². The highest BCUT2D eigenvalue weighted by atomic mass is 16.5. The van der Waals surface area contributed by atoms with Crippen LogP contribution in [0.15, 0.2) is 42.5 Å². The van der Waals surface area contributed by atoms with E-state index in [1.165, 1.54) is 11.1 Å². The lowest BCUT2D eigenvalue weighted by molar-refractivity contribution is -0.132. The molecule has 162 valence electrons. The maximum atomic E-state index is 12.8. The number of para-hydroxylation sites is 1. The molecule has 2 aromatic rings. The van der Waals surface area contributed by atoms with Gasteiger partial charge in [-0.3, -0.25) is 14.6 Å². The Balaban J connectivity index is 1.48. The number of ether oxygens (including phenoxy) is 2. The van der Waals surface area contributed by atoms with Gasteiger partial charge >= 0.3 is 0 Å². The van der Waals surface area contributed by atoms with Crippen LogP contribution in [0.4, 0.5) is 0 Å². The standard InChI is InChI=1S/C24H33N3O3/c1-19-7-5-8-20(15-19)16-26-11-13-27(14-12-26)18-23(28)25(2)17-21-9-6-10-22(29-3)24(21)30-4/h5-10,15H,11-14,16-18H2,1-4H3. The summed E-state index contributed by atoms with van der Waals surface area (Å²) >= 11 is 0. The van der Waals surface area contributed by atoms with Gasteiger partial charge in [-0.1, -0.05) is 42.0 Å². The van der Waals surface area contributed by atoms with Crippen LogP contribution in [0.25, 0.3) is 0 Å². The number of piperazine rings is 1. The van der Waals surface area contributed by atoms with Crippen LogP contribution in [-0.2, 0) is 17.9 Å². The van der Waals surface area contributed by atoms with E-state index in [0.29, 0.717) is 24.6 Å². The Labute approximate surface area is 180 Å². The fourth-order valence-electron chi connectivity index (χ4n) is 3.91. The zero-order valence-corrected chi connectivity index (χ0v) is 18.6. The summed E-state index contributed by atoms with van der Waals surface area (Å²) in [6.45, 7) is 7.82. The highest BCUT2D eigenvalue weighted by Crippen LogP contribution is 2.31. The van der Waals surface area contributed by atoms with Crippen LogP contribution in [0.1, 0.15) is 16.7 Å². The van der Waals surface area contributed by atoms with Gasteiger partial charge in [-0.2, -0.15) is 0 Å². The third-order valence-electron chi connectivity index (χ3n) is 5.63. The predicted molar refractivity (Wildman–Crippen MR) is 119 cm³/mol. The van der Waals surface area contributed by atoms with E-state index in [0.717, 1.165) is 38.3 Å². The Morgan fingerprint density at radius 2 is 1.70 bits per heavy atom. The van der Waals surface area contributed by atoms with E-state index in [2.05, 4.69) is 41.0 Å². The van der Waals surface area contributed by atoms with Crippen LogP contribution in [0, 0.1) is 6.92 Å². The molecule has 1 heterocycles. The highest BCUT2D eigenvalue weighted by Gasteiger charge is 2.21. The Kier molecular flexibility index (Phi) is 7.71. The maximum Gasteiger partial charge on any atom is 0.236 e. The molecule has 1 fully saturated rings. The number of carbonyl (C=O) groups is 1. The van der Waals surface area contributed by atoms with E-state index in [4.69, 9.17) is 9.47 Å². The molecular formula is C24H33N3O3. The van der Waals surface area contributed by atoms with Gasteiger partial charge in [-0.25, -0.2) is 0 Å². The number of nitrogens with zero attached hydrogens (tertiary/aromatic N) is 3. The molecule has 1 saturated heterocycles. The van der Waals surface area contributed by atoms with Crippen molar-refractivity contribution in [2.45, 2.75) is 20.0 Å². The number of rotatable bonds is 8. The minimum atomic E-state index is 0.118. The number of aryl methyl sites for hydroxylation is 1. The predicted octanol–water partition coefficient (Wildman–Crippen LogP) is 2.79.